The standard InChI is InChI=1S/C20H17FINO3/c1-13(16-9-8-15(21)11-17(16)22)7-10-19(24)23-18(12-26-20(23)25)14-5-3-2-4-6-14/h2-6,8-9,11,18H,1,7,10,12H2/t18-/m0/s1. The fraction of sp³-hybridized carbons (Fsp3) is 0.200. The van der Waals surface area contributed by atoms with Crippen molar-refractivity contribution in [1.29, 1.82) is 0 Å². The largest absolute Gasteiger partial charge is 0.446 e. The summed E-state index contributed by atoms with van der Waals surface area (Å²) in [7, 11) is 0. The highest BCUT2D eigenvalue weighted by molar-refractivity contribution is 14.1. The molecule has 0 N–H and O–H groups in total. The summed E-state index contributed by atoms with van der Waals surface area (Å²) in [4.78, 5) is 25.8. The molecule has 26 heavy (non-hydrogen) atoms. The second kappa shape index (κ2) is 7.99. The Morgan fingerprint density at radius 3 is 2.65 bits per heavy atom. The number of halogens is 2. The van der Waals surface area contributed by atoms with Crippen molar-refractivity contribution in [3.63, 3.8) is 0 Å². The van der Waals surface area contributed by atoms with Crippen LogP contribution in [0.1, 0.15) is 30.0 Å². The van der Waals surface area contributed by atoms with Gasteiger partial charge in [0.2, 0.25) is 5.91 Å². The number of amides is 2. The maximum atomic E-state index is 13.2. The molecule has 0 saturated carbocycles. The van der Waals surface area contributed by atoms with E-state index in [9.17, 15) is 14.0 Å². The van der Waals surface area contributed by atoms with E-state index in [1.54, 1.807) is 6.07 Å². The van der Waals surface area contributed by atoms with Gasteiger partial charge in [-0.05, 0) is 57.8 Å². The molecular formula is C20H17FINO3. The topological polar surface area (TPSA) is 46.6 Å². The SMILES string of the molecule is C=C(CCC(=O)N1C(=O)OC[C@H]1c1ccccc1)c1ccc(F)cc1I. The molecule has 134 valence electrons. The van der Waals surface area contributed by atoms with Gasteiger partial charge in [0, 0.05) is 9.99 Å². The van der Waals surface area contributed by atoms with Crippen molar-refractivity contribution in [2.75, 3.05) is 6.61 Å². The van der Waals surface area contributed by atoms with Gasteiger partial charge in [-0.1, -0.05) is 43.0 Å². The van der Waals surface area contributed by atoms with Crippen molar-refractivity contribution < 1.29 is 18.7 Å². The van der Waals surface area contributed by atoms with Crippen molar-refractivity contribution in [2.45, 2.75) is 18.9 Å². The van der Waals surface area contributed by atoms with Crippen LogP contribution in [0.4, 0.5) is 9.18 Å². The predicted molar refractivity (Wildman–Crippen MR) is 105 cm³/mol. The van der Waals surface area contributed by atoms with E-state index >= 15 is 0 Å². The second-order valence-electron chi connectivity index (χ2n) is 5.99. The van der Waals surface area contributed by atoms with Crippen LogP contribution in [0.15, 0.2) is 55.1 Å². The number of hydrogen-bond acceptors (Lipinski definition) is 3. The Labute approximate surface area is 164 Å². The van der Waals surface area contributed by atoms with E-state index in [-0.39, 0.29) is 24.8 Å². The number of cyclic esters (lactones) is 1. The molecule has 2 aromatic rings. The van der Waals surface area contributed by atoms with E-state index < -0.39 is 12.1 Å². The summed E-state index contributed by atoms with van der Waals surface area (Å²) in [5.41, 5.74) is 2.40. The first-order chi connectivity index (χ1) is 12.5. The van der Waals surface area contributed by atoms with Gasteiger partial charge in [-0.15, -0.1) is 0 Å². The summed E-state index contributed by atoms with van der Waals surface area (Å²) in [6.07, 6.45) is -0.109. The maximum absolute atomic E-state index is 13.2. The average molecular weight is 465 g/mol. The summed E-state index contributed by atoms with van der Waals surface area (Å²) in [5.74, 6) is -0.618. The summed E-state index contributed by atoms with van der Waals surface area (Å²) < 4.78 is 19.0. The maximum Gasteiger partial charge on any atom is 0.417 e. The average Bonchev–Trinajstić information content (AvgIpc) is 3.02. The zero-order valence-corrected chi connectivity index (χ0v) is 16.1. The van der Waals surface area contributed by atoms with E-state index in [0.29, 0.717) is 6.42 Å². The van der Waals surface area contributed by atoms with E-state index in [0.717, 1.165) is 20.3 Å². The van der Waals surface area contributed by atoms with Crippen molar-refractivity contribution in [2.24, 2.45) is 0 Å². The molecule has 1 fully saturated rings. The minimum absolute atomic E-state index is 0.130. The van der Waals surface area contributed by atoms with Gasteiger partial charge in [-0.3, -0.25) is 4.79 Å². The molecule has 3 rings (SSSR count). The highest BCUT2D eigenvalue weighted by Crippen LogP contribution is 2.30. The molecule has 2 amide bonds. The lowest BCUT2D eigenvalue weighted by molar-refractivity contribution is -0.129. The fourth-order valence-electron chi connectivity index (χ4n) is 2.91. The Hall–Kier alpha value is -2.22. The Morgan fingerprint density at radius 1 is 1.23 bits per heavy atom. The molecule has 1 heterocycles. The van der Waals surface area contributed by atoms with Gasteiger partial charge in [0.1, 0.15) is 18.5 Å². The lowest BCUT2D eigenvalue weighted by Gasteiger charge is -2.20. The zero-order valence-electron chi connectivity index (χ0n) is 14.0. The van der Waals surface area contributed by atoms with Crippen LogP contribution in [0.2, 0.25) is 0 Å². The Bertz CT molecular complexity index is 853. The molecule has 1 saturated heterocycles. The van der Waals surface area contributed by atoms with Crippen molar-refractivity contribution in [3.8, 4) is 0 Å². The van der Waals surface area contributed by atoms with Gasteiger partial charge >= 0.3 is 6.09 Å². The first-order valence-corrected chi connectivity index (χ1v) is 9.22. The van der Waals surface area contributed by atoms with Gasteiger partial charge in [0.15, 0.2) is 0 Å². The number of carbonyl (C=O) groups excluding carboxylic acids is 2. The smallest absolute Gasteiger partial charge is 0.417 e. The van der Waals surface area contributed by atoms with E-state index in [1.807, 2.05) is 52.9 Å². The Balaban J connectivity index is 1.68. The van der Waals surface area contributed by atoms with Crippen LogP contribution in [0.25, 0.3) is 5.57 Å². The number of allylic oxidation sites excluding steroid dienone is 1. The second-order valence-corrected chi connectivity index (χ2v) is 7.16. The molecule has 2 aromatic carbocycles. The summed E-state index contributed by atoms with van der Waals surface area (Å²) >= 11 is 2.04. The van der Waals surface area contributed by atoms with E-state index in [2.05, 4.69) is 6.58 Å². The van der Waals surface area contributed by atoms with E-state index in [4.69, 9.17) is 4.74 Å². The number of rotatable bonds is 5. The molecule has 0 aromatic heterocycles. The van der Waals surface area contributed by atoms with Crippen LogP contribution in [0, 0.1) is 9.39 Å². The van der Waals surface area contributed by atoms with E-state index in [1.165, 1.54) is 17.0 Å². The highest BCUT2D eigenvalue weighted by Gasteiger charge is 2.38. The summed E-state index contributed by atoms with van der Waals surface area (Å²) in [5, 5.41) is 0. The van der Waals surface area contributed by atoms with Crippen molar-refractivity contribution in [1.82, 2.24) is 4.90 Å². The predicted octanol–water partition coefficient (Wildman–Crippen LogP) is 4.94. The van der Waals surface area contributed by atoms with Crippen LogP contribution in [-0.2, 0) is 9.53 Å². The molecule has 6 heteroatoms. The first kappa shape index (κ1) is 18.6. The van der Waals surface area contributed by atoms with Gasteiger partial charge in [0.25, 0.3) is 0 Å². The van der Waals surface area contributed by atoms with Gasteiger partial charge in [-0.2, -0.15) is 0 Å². The number of carbonyl (C=O) groups is 2. The summed E-state index contributed by atoms with van der Waals surface area (Å²) in [6.45, 7) is 4.15. The molecule has 0 spiro atoms. The van der Waals surface area contributed by atoms with Crippen LogP contribution < -0.4 is 0 Å². The number of hydrogen-bond donors (Lipinski definition) is 0. The number of nitrogens with zero attached hydrogens (tertiary/aromatic N) is 1. The van der Waals surface area contributed by atoms with Gasteiger partial charge < -0.3 is 4.74 Å². The molecular weight excluding hydrogens is 448 g/mol. The third-order valence-corrected chi connectivity index (χ3v) is 5.17. The van der Waals surface area contributed by atoms with Crippen molar-refractivity contribution >= 4 is 40.2 Å². The van der Waals surface area contributed by atoms with Crippen LogP contribution in [0.5, 0.6) is 0 Å². The quantitative estimate of drug-likeness (QED) is 0.588. The monoisotopic (exact) mass is 465 g/mol. The molecule has 1 atom stereocenters. The number of benzene rings is 2. The summed E-state index contributed by atoms with van der Waals surface area (Å²) in [6, 6.07) is 13.4. The lowest BCUT2D eigenvalue weighted by atomic mass is 10.0. The molecule has 1 aliphatic rings. The lowest BCUT2D eigenvalue weighted by Crippen LogP contribution is -2.34. The minimum Gasteiger partial charge on any atom is -0.446 e. The molecule has 0 aliphatic carbocycles. The molecule has 0 radical (unpaired) electrons. The molecule has 0 unspecified atom stereocenters. The minimum atomic E-state index is -0.620. The van der Waals surface area contributed by atoms with Crippen LogP contribution >= 0.6 is 22.6 Å². The van der Waals surface area contributed by atoms with Crippen LogP contribution in [0.3, 0.4) is 0 Å². The third-order valence-electron chi connectivity index (χ3n) is 4.28. The Kier molecular flexibility index (Phi) is 5.70. The van der Waals surface area contributed by atoms with Gasteiger partial charge in [-0.25, -0.2) is 14.1 Å². The molecule has 0 bridgehead atoms. The number of ether oxygens (including phenoxy) is 1. The zero-order chi connectivity index (χ0) is 18.7. The van der Waals surface area contributed by atoms with Crippen LogP contribution in [-0.4, -0.2) is 23.5 Å². The first-order valence-electron chi connectivity index (χ1n) is 8.14. The van der Waals surface area contributed by atoms with Gasteiger partial charge in [0.05, 0.1) is 0 Å². The van der Waals surface area contributed by atoms with Crippen molar-refractivity contribution in [3.05, 3.63) is 75.6 Å². The molecule has 4 nitrogen and oxygen atoms in total. The normalized spacial score (nSPS) is 16.5. The highest BCUT2D eigenvalue weighted by atomic mass is 127. The number of imide groups is 1. The third kappa shape index (κ3) is 3.95. The fourth-order valence-corrected chi connectivity index (χ4v) is 3.77. The molecule has 1 aliphatic heterocycles. The Morgan fingerprint density at radius 2 is 1.96 bits per heavy atom.